The van der Waals surface area contributed by atoms with E-state index in [-0.39, 0.29) is 6.04 Å². The molecule has 0 spiro atoms. The Bertz CT molecular complexity index is 481. The van der Waals surface area contributed by atoms with Crippen LogP contribution >= 0.6 is 22.9 Å². The second-order valence-corrected chi connectivity index (χ2v) is 5.38. The quantitative estimate of drug-likeness (QED) is 0.905. The minimum Gasteiger partial charge on any atom is -0.310 e. The number of rotatable bonds is 5. The molecular formula is C10H14ClN5S. The maximum atomic E-state index is 5.93. The number of hydrogen-bond acceptors (Lipinski definition) is 5. The Balaban J connectivity index is 2.18. The Hall–Kier alpha value is -0.980. The van der Waals surface area contributed by atoms with Crippen LogP contribution in [-0.4, -0.2) is 26.8 Å². The normalized spacial score (nSPS) is 12.9. The molecule has 2 aromatic heterocycles. The zero-order chi connectivity index (χ0) is 12.3. The van der Waals surface area contributed by atoms with E-state index in [0.717, 1.165) is 21.6 Å². The molecule has 2 rings (SSSR count). The Labute approximate surface area is 109 Å². The van der Waals surface area contributed by atoms with Crippen molar-refractivity contribution in [2.45, 2.75) is 26.4 Å². The second kappa shape index (κ2) is 5.57. The highest BCUT2D eigenvalue weighted by molar-refractivity contribution is 7.16. The highest BCUT2D eigenvalue weighted by Crippen LogP contribution is 2.28. The van der Waals surface area contributed by atoms with Gasteiger partial charge in [0.1, 0.15) is 0 Å². The van der Waals surface area contributed by atoms with Crippen molar-refractivity contribution in [1.82, 2.24) is 25.5 Å². The third-order valence-corrected chi connectivity index (χ3v) is 3.87. The molecule has 2 aromatic rings. The molecule has 1 atom stereocenters. The standard InChI is InChI=1S/C10H14ClN5S/c1-3-12-6-10-13-14-15-16(10)7(2)8-4-5-9(11)17-8/h4-5,7,12H,3,6H2,1-2H3. The molecule has 92 valence electrons. The Morgan fingerprint density at radius 3 is 3.00 bits per heavy atom. The van der Waals surface area contributed by atoms with E-state index in [2.05, 4.69) is 34.7 Å². The van der Waals surface area contributed by atoms with Gasteiger partial charge in [0, 0.05) is 4.88 Å². The van der Waals surface area contributed by atoms with Crippen molar-refractivity contribution in [1.29, 1.82) is 0 Å². The number of nitrogens with one attached hydrogen (secondary N) is 1. The number of nitrogens with zero attached hydrogens (tertiary/aromatic N) is 4. The summed E-state index contributed by atoms with van der Waals surface area (Å²) in [5, 5.41) is 15.0. The van der Waals surface area contributed by atoms with E-state index >= 15 is 0 Å². The van der Waals surface area contributed by atoms with Gasteiger partial charge in [-0.15, -0.1) is 16.4 Å². The van der Waals surface area contributed by atoms with E-state index in [9.17, 15) is 0 Å². The summed E-state index contributed by atoms with van der Waals surface area (Å²) in [6.45, 7) is 5.68. The highest BCUT2D eigenvalue weighted by atomic mass is 35.5. The van der Waals surface area contributed by atoms with Crippen LogP contribution in [0.2, 0.25) is 4.34 Å². The lowest BCUT2D eigenvalue weighted by Crippen LogP contribution is -2.19. The van der Waals surface area contributed by atoms with Crippen LogP contribution < -0.4 is 5.32 Å². The van der Waals surface area contributed by atoms with Crippen LogP contribution in [-0.2, 0) is 6.54 Å². The predicted molar refractivity (Wildman–Crippen MR) is 68.3 cm³/mol. The summed E-state index contributed by atoms with van der Waals surface area (Å²) < 4.78 is 2.61. The SMILES string of the molecule is CCNCc1nnnn1C(C)c1ccc(Cl)s1. The summed E-state index contributed by atoms with van der Waals surface area (Å²) >= 11 is 7.49. The van der Waals surface area contributed by atoms with E-state index in [1.54, 1.807) is 11.3 Å². The van der Waals surface area contributed by atoms with Crippen LogP contribution in [0.3, 0.4) is 0 Å². The summed E-state index contributed by atoms with van der Waals surface area (Å²) in [6, 6.07) is 4.01. The summed E-state index contributed by atoms with van der Waals surface area (Å²) in [5.41, 5.74) is 0. The van der Waals surface area contributed by atoms with Crippen LogP contribution in [0, 0.1) is 0 Å². The van der Waals surface area contributed by atoms with Gasteiger partial charge in [0.2, 0.25) is 0 Å². The van der Waals surface area contributed by atoms with Gasteiger partial charge in [0.25, 0.3) is 0 Å². The average Bonchev–Trinajstić information content (AvgIpc) is 2.94. The van der Waals surface area contributed by atoms with Crippen molar-refractivity contribution in [3.63, 3.8) is 0 Å². The van der Waals surface area contributed by atoms with Crippen molar-refractivity contribution < 1.29 is 0 Å². The third kappa shape index (κ3) is 2.83. The van der Waals surface area contributed by atoms with Gasteiger partial charge in [-0.3, -0.25) is 0 Å². The molecule has 0 aliphatic heterocycles. The van der Waals surface area contributed by atoms with Crippen LogP contribution in [0.4, 0.5) is 0 Å². The molecule has 0 saturated heterocycles. The maximum absolute atomic E-state index is 5.93. The average molecular weight is 272 g/mol. The van der Waals surface area contributed by atoms with Crippen molar-refractivity contribution in [3.8, 4) is 0 Å². The number of aromatic nitrogens is 4. The van der Waals surface area contributed by atoms with E-state index in [4.69, 9.17) is 11.6 Å². The fourth-order valence-corrected chi connectivity index (χ4v) is 2.64. The predicted octanol–water partition coefficient (Wildman–Crippen LogP) is 2.11. The molecule has 0 bridgehead atoms. The van der Waals surface area contributed by atoms with Crippen LogP contribution in [0.15, 0.2) is 12.1 Å². The topological polar surface area (TPSA) is 55.6 Å². The van der Waals surface area contributed by atoms with Crippen molar-refractivity contribution >= 4 is 22.9 Å². The molecule has 1 unspecified atom stereocenters. The van der Waals surface area contributed by atoms with E-state index in [1.165, 1.54) is 0 Å². The molecule has 1 N–H and O–H groups in total. The molecule has 17 heavy (non-hydrogen) atoms. The van der Waals surface area contributed by atoms with Gasteiger partial charge in [-0.2, -0.15) is 0 Å². The largest absolute Gasteiger partial charge is 0.310 e. The lowest BCUT2D eigenvalue weighted by Gasteiger charge is -2.11. The van der Waals surface area contributed by atoms with E-state index < -0.39 is 0 Å². The molecule has 0 amide bonds. The molecule has 0 radical (unpaired) electrons. The first kappa shape index (κ1) is 12.5. The van der Waals surface area contributed by atoms with Gasteiger partial charge in [0.15, 0.2) is 5.82 Å². The summed E-state index contributed by atoms with van der Waals surface area (Å²) in [5.74, 6) is 0.837. The first-order valence-corrected chi connectivity index (χ1v) is 6.64. The highest BCUT2D eigenvalue weighted by Gasteiger charge is 2.15. The Morgan fingerprint density at radius 1 is 1.53 bits per heavy atom. The maximum Gasteiger partial charge on any atom is 0.165 e. The number of halogens is 1. The smallest absolute Gasteiger partial charge is 0.165 e. The monoisotopic (exact) mass is 271 g/mol. The second-order valence-electron chi connectivity index (χ2n) is 3.64. The minimum absolute atomic E-state index is 0.108. The summed E-state index contributed by atoms with van der Waals surface area (Å²) in [4.78, 5) is 1.15. The number of hydrogen-bond donors (Lipinski definition) is 1. The van der Waals surface area contributed by atoms with Gasteiger partial charge >= 0.3 is 0 Å². The summed E-state index contributed by atoms with van der Waals surface area (Å²) in [6.07, 6.45) is 0. The molecule has 2 heterocycles. The van der Waals surface area contributed by atoms with Crippen molar-refractivity contribution in [2.24, 2.45) is 0 Å². The molecule has 7 heteroatoms. The molecule has 0 fully saturated rings. The Morgan fingerprint density at radius 2 is 2.35 bits per heavy atom. The van der Waals surface area contributed by atoms with Crippen LogP contribution in [0.25, 0.3) is 0 Å². The van der Waals surface area contributed by atoms with E-state index in [0.29, 0.717) is 6.54 Å². The fraction of sp³-hybridized carbons (Fsp3) is 0.500. The van der Waals surface area contributed by atoms with Gasteiger partial charge in [-0.1, -0.05) is 18.5 Å². The molecule has 0 saturated carbocycles. The van der Waals surface area contributed by atoms with Gasteiger partial charge < -0.3 is 5.32 Å². The van der Waals surface area contributed by atoms with Crippen molar-refractivity contribution in [3.05, 3.63) is 27.2 Å². The van der Waals surface area contributed by atoms with Crippen LogP contribution in [0.1, 0.15) is 30.6 Å². The summed E-state index contributed by atoms with van der Waals surface area (Å²) in [7, 11) is 0. The zero-order valence-electron chi connectivity index (χ0n) is 9.72. The number of thiophene rings is 1. The third-order valence-electron chi connectivity index (χ3n) is 2.47. The number of tetrazole rings is 1. The zero-order valence-corrected chi connectivity index (χ0v) is 11.3. The minimum atomic E-state index is 0.108. The van der Waals surface area contributed by atoms with Gasteiger partial charge in [-0.05, 0) is 36.0 Å². The fourth-order valence-electron chi connectivity index (χ4n) is 1.54. The lowest BCUT2D eigenvalue weighted by atomic mass is 10.3. The molecule has 0 aliphatic carbocycles. The van der Waals surface area contributed by atoms with Gasteiger partial charge in [-0.25, -0.2) is 4.68 Å². The molecule has 5 nitrogen and oxygen atoms in total. The molecule has 0 aliphatic rings. The van der Waals surface area contributed by atoms with Crippen molar-refractivity contribution in [2.75, 3.05) is 6.54 Å². The Kier molecular flexibility index (Phi) is 4.09. The van der Waals surface area contributed by atoms with Crippen LogP contribution in [0.5, 0.6) is 0 Å². The lowest BCUT2D eigenvalue weighted by molar-refractivity contribution is 0.514. The first-order valence-electron chi connectivity index (χ1n) is 5.45. The molecular weight excluding hydrogens is 258 g/mol. The van der Waals surface area contributed by atoms with E-state index in [1.807, 2.05) is 16.8 Å². The first-order chi connectivity index (χ1) is 8.22. The van der Waals surface area contributed by atoms with Gasteiger partial charge in [0.05, 0.1) is 16.9 Å². The molecule has 0 aromatic carbocycles.